The second-order valence-electron chi connectivity index (χ2n) is 9.11. The number of hydrogen-bond acceptors (Lipinski definition) is 5. The lowest BCUT2D eigenvalue weighted by atomic mass is 10.1. The van der Waals surface area contributed by atoms with Gasteiger partial charge in [-0.3, -0.25) is 19.9 Å². The fraction of sp³-hybridized carbons (Fsp3) is 0.462. The van der Waals surface area contributed by atoms with Crippen LogP contribution < -0.4 is 5.32 Å². The van der Waals surface area contributed by atoms with Crippen LogP contribution in [0.4, 0.5) is 5.95 Å². The highest BCUT2D eigenvalue weighted by molar-refractivity contribution is 6.48. The molecule has 0 saturated carbocycles. The molecule has 1 aliphatic rings. The standard InChI is InChI=1S/C26H35ClN6O2/c1-6-22(27)24-19(3)29-26(30-25(35)20-12-13-28-18(2)16-20)33(24)21-10-7-8-15-32(17-21)23(34)11-9-14-31(4)5/h6,9,11-13,16,21H,7-8,10,14-15,17H2,1-5H3,(H,29,30,35)/b11-9+,22-6+. The van der Waals surface area contributed by atoms with E-state index < -0.39 is 0 Å². The van der Waals surface area contributed by atoms with Crippen molar-refractivity contribution in [1.29, 1.82) is 0 Å². The molecular weight excluding hydrogens is 464 g/mol. The largest absolute Gasteiger partial charge is 0.337 e. The number of likely N-dealkylation sites (N-methyl/N-ethyl adjacent to an activating group) is 1. The van der Waals surface area contributed by atoms with Gasteiger partial charge < -0.3 is 14.4 Å². The summed E-state index contributed by atoms with van der Waals surface area (Å²) < 4.78 is 2.00. The van der Waals surface area contributed by atoms with Gasteiger partial charge >= 0.3 is 0 Å². The van der Waals surface area contributed by atoms with Crippen LogP contribution in [0, 0.1) is 13.8 Å². The molecule has 1 N–H and O–H groups in total. The van der Waals surface area contributed by atoms with Gasteiger partial charge in [-0.2, -0.15) is 0 Å². The predicted molar refractivity (Wildman–Crippen MR) is 141 cm³/mol. The summed E-state index contributed by atoms with van der Waals surface area (Å²) in [5.74, 6) is 0.157. The van der Waals surface area contributed by atoms with Crippen molar-refractivity contribution in [3.63, 3.8) is 0 Å². The van der Waals surface area contributed by atoms with E-state index in [2.05, 4.69) is 15.3 Å². The molecular formula is C26H35ClN6O2. The lowest BCUT2D eigenvalue weighted by Crippen LogP contribution is -2.35. The molecule has 2 aromatic heterocycles. The molecule has 0 spiro atoms. The van der Waals surface area contributed by atoms with Gasteiger partial charge in [-0.05, 0) is 66.3 Å². The highest BCUT2D eigenvalue weighted by atomic mass is 35.5. The summed E-state index contributed by atoms with van der Waals surface area (Å²) in [4.78, 5) is 38.7. The second kappa shape index (κ2) is 12.1. The van der Waals surface area contributed by atoms with Gasteiger partial charge in [0.1, 0.15) is 0 Å². The third-order valence-corrected chi connectivity index (χ3v) is 6.40. The van der Waals surface area contributed by atoms with Gasteiger partial charge in [-0.1, -0.05) is 23.8 Å². The maximum absolute atomic E-state index is 13.1. The normalized spacial score (nSPS) is 17.2. The average molecular weight is 499 g/mol. The van der Waals surface area contributed by atoms with E-state index >= 15 is 0 Å². The van der Waals surface area contributed by atoms with Gasteiger partial charge in [0.15, 0.2) is 0 Å². The van der Waals surface area contributed by atoms with Gasteiger partial charge in [-0.15, -0.1) is 0 Å². The number of carbonyl (C=O) groups excluding carboxylic acids is 2. The molecule has 0 radical (unpaired) electrons. The number of amides is 2. The molecule has 0 aromatic carbocycles. The van der Waals surface area contributed by atoms with Gasteiger partial charge in [0.25, 0.3) is 5.91 Å². The van der Waals surface area contributed by atoms with Crippen LogP contribution in [-0.2, 0) is 4.79 Å². The van der Waals surface area contributed by atoms with Gasteiger partial charge in [0.2, 0.25) is 11.9 Å². The number of halogens is 1. The molecule has 1 unspecified atom stereocenters. The van der Waals surface area contributed by atoms with Crippen LogP contribution in [-0.4, -0.2) is 69.9 Å². The van der Waals surface area contributed by atoms with Crippen LogP contribution in [0.25, 0.3) is 5.03 Å². The van der Waals surface area contributed by atoms with E-state index in [1.807, 2.05) is 61.4 Å². The minimum atomic E-state index is -0.266. The number of aromatic nitrogens is 3. The Morgan fingerprint density at radius 1 is 1.29 bits per heavy atom. The Hall–Kier alpha value is -2.97. The van der Waals surface area contributed by atoms with E-state index in [9.17, 15) is 9.59 Å². The van der Waals surface area contributed by atoms with Crippen LogP contribution in [0.5, 0.6) is 0 Å². The van der Waals surface area contributed by atoms with E-state index in [4.69, 9.17) is 11.6 Å². The molecule has 3 heterocycles. The minimum absolute atomic E-state index is 0.00730. The van der Waals surface area contributed by atoms with Gasteiger partial charge in [0, 0.05) is 43.2 Å². The first-order valence-electron chi connectivity index (χ1n) is 12.0. The van der Waals surface area contributed by atoms with Crippen molar-refractivity contribution in [3.05, 3.63) is 59.2 Å². The lowest BCUT2D eigenvalue weighted by Gasteiger charge is -2.27. The van der Waals surface area contributed by atoms with E-state index in [0.29, 0.717) is 36.2 Å². The highest BCUT2D eigenvalue weighted by Crippen LogP contribution is 2.33. The Kier molecular flexibility index (Phi) is 9.23. The SMILES string of the molecule is C/C=C(/Cl)c1c(C)nc(NC(=O)c2ccnc(C)c2)n1C1CCCCN(C(=O)/C=C/CN(C)C)C1. The third-order valence-electron chi connectivity index (χ3n) is 6.00. The van der Waals surface area contributed by atoms with Crippen LogP contribution >= 0.6 is 11.6 Å². The summed E-state index contributed by atoms with van der Waals surface area (Å²) in [6.07, 6.45) is 9.69. The topological polar surface area (TPSA) is 83.4 Å². The molecule has 1 aliphatic heterocycles. The first kappa shape index (κ1) is 26.6. The van der Waals surface area contributed by atoms with E-state index in [1.165, 1.54) is 0 Å². The lowest BCUT2D eigenvalue weighted by molar-refractivity contribution is -0.126. The Balaban J connectivity index is 1.95. The third kappa shape index (κ3) is 6.80. The molecule has 2 amide bonds. The summed E-state index contributed by atoms with van der Waals surface area (Å²) in [6.45, 7) is 7.51. The molecule has 2 aromatic rings. The van der Waals surface area contributed by atoms with Crippen LogP contribution in [0.1, 0.15) is 59.7 Å². The van der Waals surface area contributed by atoms with Crippen LogP contribution in [0.15, 0.2) is 36.6 Å². The number of carbonyl (C=O) groups is 2. The molecule has 35 heavy (non-hydrogen) atoms. The van der Waals surface area contributed by atoms with E-state index in [-0.39, 0.29) is 17.9 Å². The smallest absolute Gasteiger partial charge is 0.258 e. The Bertz CT molecular complexity index is 1120. The first-order chi connectivity index (χ1) is 16.7. The van der Waals surface area contributed by atoms with Gasteiger partial charge in [0.05, 0.1) is 22.5 Å². The molecule has 1 fully saturated rings. The average Bonchev–Trinajstić information content (AvgIpc) is 2.98. The number of nitrogens with zero attached hydrogens (tertiary/aromatic N) is 5. The van der Waals surface area contributed by atoms with Crippen molar-refractivity contribution in [2.24, 2.45) is 0 Å². The quantitative estimate of drug-likeness (QED) is 0.571. The van der Waals surface area contributed by atoms with Crippen molar-refractivity contribution in [3.8, 4) is 0 Å². The van der Waals surface area contributed by atoms with Gasteiger partial charge in [-0.25, -0.2) is 4.98 Å². The fourth-order valence-corrected chi connectivity index (χ4v) is 4.50. The Morgan fingerprint density at radius 3 is 2.74 bits per heavy atom. The molecule has 0 bridgehead atoms. The van der Waals surface area contributed by atoms with Crippen molar-refractivity contribution < 1.29 is 9.59 Å². The maximum atomic E-state index is 13.1. The summed E-state index contributed by atoms with van der Waals surface area (Å²) in [7, 11) is 3.93. The number of nitrogens with one attached hydrogen (secondary N) is 1. The number of aryl methyl sites for hydroxylation is 2. The number of likely N-dealkylation sites (tertiary alicyclic amines) is 1. The number of hydrogen-bond donors (Lipinski definition) is 1. The Labute approximate surface area is 212 Å². The van der Waals surface area contributed by atoms with Crippen LogP contribution in [0.2, 0.25) is 0 Å². The summed E-state index contributed by atoms with van der Waals surface area (Å²) in [5.41, 5.74) is 2.75. The molecule has 3 rings (SSSR count). The maximum Gasteiger partial charge on any atom is 0.258 e. The summed E-state index contributed by atoms with van der Waals surface area (Å²) in [5, 5.41) is 3.54. The van der Waals surface area contributed by atoms with Crippen molar-refractivity contribution in [1.82, 2.24) is 24.3 Å². The molecule has 188 valence electrons. The van der Waals surface area contributed by atoms with Crippen LogP contribution in [0.3, 0.4) is 0 Å². The number of imidazole rings is 1. The Morgan fingerprint density at radius 2 is 2.06 bits per heavy atom. The fourth-order valence-electron chi connectivity index (χ4n) is 4.27. The monoisotopic (exact) mass is 498 g/mol. The minimum Gasteiger partial charge on any atom is -0.337 e. The summed E-state index contributed by atoms with van der Waals surface area (Å²) >= 11 is 6.63. The van der Waals surface area contributed by atoms with E-state index in [1.54, 1.807) is 24.4 Å². The number of pyridine rings is 1. The number of allylic oxidation sites excluding steroid dienone is 1. The molecule has 1 atom stereocenters. The zero-order valence-corrected chi connectivity index (χ0v) is 22.0. The van der Waals surface area contributed by atoms with E-state index in [0.717, 1.165) is 36.3 Å². The molecule has 9 heteroatoms. The predicted octanol–water partition coefficient (Wildman–Crippen LogP) is 4.42. The van der Waals surface area contributed by atoms with Crippen molar-refractivity contribution >= 4 is 34.4 Å². The molecule has 0 aliphatic carbocycles. The number of anilines is 1. The zero-order valence-electron chi connectivity index (χ0n) is 21.2. The van der Waals surface area contributed by atoms with Crippen molar-refractivity contribution in [2.75, 3.05) is 39.0 Å². The zero-order chi connectivity index (χ0) is 25.5. The highest BCUT2D eigenvalue weighted by Gasteiger charge is 2.28. The molecule has 8 nitrogen and oxygen atoms in total. The van der Waals surface area contributed by atoms with Crippen molar-refractivity contribution in [2.45, 2.75) is 46.1 Å². The second-order valence-corrected chi connectivity index (χ2v) is 9.52. The number of rotatable bonds is 7. The first-order valence-corrected chi connectivity index (χ1v) is 12.3. The summed E-state index contributed by atoms with van der Waals surface area (Å²) in [6, 6.07) is 3.33. The molecule has 1 saturated heterocycles.